The molecule has 0 saturated carbocycles. The number of hydrogen-bond acceptors (Lipinski definition) is 5. The maximum absolute atomic E-state index is 11.1. The largest absolute Gasteiger partial charge is 0.545 e. The van der Waals surface area contributed by atoms with Gasteiger partial charge in [-0.3, -0.25) is 0 Å². The zero-order valence-corrected chi connectivity index (χ0v) is 16.2. The Labute approximate surface area is 155 Å². The monoisotopic (exact) mass is 379 g/mol. The van der Waals surface area contributed by atoms with E-state index in [9.17, 15) is 14.7 Å². The highest BCUT2D eigenvalue weighted by atomic mass is 33.1. The molecule has 0 fully saturated rings. The smallest absolute Gasteiger partial charge is 0.336 e. The SMILES string of the molecule is C[N+](C)(C)C.O=C([O-])c1ccccc1SSc1ccccc1C(=O)O. The van der Waals surface area contributed by atoms with Crippen LogP contribution in [0.2, 0.25) is 0 Å². The fourth-order valence-electron chi connectivity index (χ4n) is 1.51. The fraction of sp³-hybridized carbons (Fsp3) is 0.222. The molecule has 0 spiro atoms. The third-order valence-corrected chi connectivity index (χ3v) is 4.93. The number of rotatable bonds is 5. The molecule has 0 aliphatic heterocycles. The Morgan fingerprint density at radius 1 is 0.840 bits per heavy atom. The predicted molar refractivity (Wildman–Crippen MR) is 99.8 cm³/mol. The number of aromatic carboxylic acids is 2. The van der Waals surface area contributed by atoms with Crippen LogP contribution in [0, 0.1) is 0 Å². The van der Waals surface area contributed by atoms with Crippen molar-refractivity contribution in [2.45, 2.75) is 9.79 Å². The number of carboxylic acids is 2. The molecule has 1 N–H and O–H groups in total. The van der Waals surface area contributed by atoms with E-state index in [-0.39, 0.29) is 11.1 Å². The molecule has 0 radical (unpaired) electrons. The zero-order valence-electron chi connectivity index (χ0n) is 14.6. The number of quaternary nitrogens is 1. The van der Waals surface area contributed by atoms with Crippen LogP contribution in [0.3, 0.4) is 0 Å². The molecule has 134 valence electrons. The Balaban J connectivity index is 0.000000550. The molecule has 5 nitrogen and oxygen atoms in total. The van der Waals surface area contributed by atoms with Crippen molar-refractivity contribution < 1.29 is 24.3 Å². The fourth-order valence-corrected chi connectivity index (χ4v) is 3.86. The van der Waals surface area contributed by atoms with Gasteiger partial charge in [0, 0.05) is 15.4 Å². The third-order valence-electron chi connectivity index (χ3n) is 2.45. The average Bonchev–Trinajstić information content (AvgIpc) is 2.51. The van der Waals surface area contributed by atoms with Crippen LogP contribution in [0.4, 0.5) is 0 Å². The lowest BCUT2D eigenvalue weighted by Gasteiger charge is -2.14. The first-order chi connectivity index (χ1) is 11.6. The molecule has 0 unspecified atom stereocenters. The first kappa shape index (κ1) is 21.1. The molecule has 7 heteroatoms. The minimum absolute atomic E-state index is 0.0952. The summed E-state index contributed by atoms with van der Waals surface area (Å²) in [6, 6.07) is 13.0. The molecular formula is C18H21NO4S2. The summed E-state index contributed by atoms with van der Waals surface area (Å²) in [5.74, 6) is -2.26. The maximum Gasteiger partial charge on any atom is 0.336 e. The van der Waals surface area contributed by atoms with E-state index in [1.54, 1.807) is 36.4 Å². The van der Waals surface area contributed by atoms with Gasteiger partial charge in [-0.15, -0.1) is 0 Å². The quantitative estimate of drug-likeness (QED) is 0.636. The van der Waals surface area contributed by atoms with E-state index in [1.165, 1.54) is 33.7 Å². The molecule has 0 aromatic heterocycles. The molecule has 0 saturated heterocycles. The van der Waals surface area contributed by atoms with Gasteiger partial charge in [0.2, 0.25) is 0 Å². The number of carbonyl (C=O) groups excluding carboxylic acids is 1. The van der Waals surface area contributed by atoms with Gasteiger partial charge in [-0.2, -0.15) is 0 Å². The van der Waals surface area contributed by atoms with Gasteiger partial charge in [0.25, 0.3) is 0 Å². The number of carboxylic acid groups (broad SMARTS) is 2. The molecule has 0 aliphatic rings. The molecule has 2 aromatic carbocycles. The number of nitrogens with zero attached hydrogens (tertiary/aromatic N) is 1. The van der Waals surface area contributed by atoms with Crippen molar-refractivity contribution in [1.29, 1.82) is 0 Å². The van der Waals surface area contributed by atoms with Gasteiger partial charge in [-0.05, 0) is 18.2 Å². The number of hydrogen-bond donors (Lipinski definition) is 1. The van der Waals surface area contributed by atoms with Crippen molar-refractivity contribution in [3.05, 3.63) is 59.7 Å². The summed E-state index contributed by atoms with van der Waals surface area (Å²) in [4.78, 5) is 23.2. The molecular weight excluding hydrogens is 358 g/mol. The van der Waals surface area contributed by atoms with Crippen LogP contribution in [0.25, 0.3) is 0 Å². The van der Waals surface area contributed by atoms with E-state index >= 15 is 0 Å². The molecule has 0 amide bonds. The molecule has 2 rings (SSSR count). The second kappa shape index (κ2) is 9.50. The van der Waals surface area contributed by atoms with Gasteiger partial charge in [0.1, 0.15) is 0 Å². The van der Waals surface area contributed by atoms with E-state index in [1.807, 2.05) is 0 Å². The Bertz CT molecular complexity index is 678. The van der Waals surface area contributed by atoms with Crippen LogP contribution in [-0.2, 0) is 0 Å². The van der Waals surface area contributed by atoms with Crippen molar-refractivity contribution in [1.82, 2.24) is 0 Å². The highest BCUT2D eigenvalue weighted by Crippen LogP contribution is 2.40. The van der Waals surface area contributed by atoms with Gasteiger partial charge in [0.05, 0.1) is 39.7 Å². The Kier molecular flexibility index (Phi) is 8.02. The van der Waals surface area contributed by atoms with Crippen molar-refractivity contribution in [2.75, 3.05) is 28.2 Å². The van der Waals surface area contributed by atoms with Crippen LogP contribution < -0.4 is 5.11 Å². The highest BCUT2D eigenvalue weighted by molar-refractivity contribution is 8.76. The van der Waals surface area contributed by atoms with Crippen molar-refractivity contribution in [3.63, 3.8) is 0 Å². The van der Waals surface area contributed by atoms with Gasteiger partial charge in [0.15, 0.2) is 0 Å². The van der Waals surface area contributed by atoms with E-state index in [0.717, 1.165) is 4.48 Å². The first-order valence-electron chi connectivity index (χ1n) is 7.35. The lowest BCUT2D eigenvalue weighted by Crippen LogP contribution is -2.27. The summed E-state index contributed by atoms with van der Waals surface area (Å²) in [7, 11) is 10.9. The summed E-state index contributed by atoms with van der Waals surface area (Å²) < 4.78 is 1.00. The van der Waals surface area contributed by atoms with Crippen molar-refractivity contribution >= 4 is 33.5 Å². The highest BCUT2D eigenvalue weighted by Gasteiger charge is 2.11. The van der Waals surface area contributed by atoms with Gasteiger partial charge in [-0.25, -0.2) is 4.79 Å². The van der Waals surface area contributed by atoms with Crippen molar-refractivity contribution in [2.24, 2.45) is 0 Å². The van der Waals surface area contributed by atoms with E-state index in [4.69, 9.17) is 5.11 Å². The Hall–Kier alpha value is -1.96. The van der Waals surface area contributed by atoms with Crippen LogP contribution in [0.5, 0.6) is 0 Å². The number of carbonyl (C=O) groups is 2. The topological polar surface area (TPSA) is 77.4 Å². The van der Waals surface area contributed by atoms with E-state index in [0.29, 0.717) is 9.79 Å². The number of benzene rings is 2. The zero-order chi connectivity index (χ0) is 19.0. The van der Waals surface area contributed by atoms with E-state index in [2.05, 4.69) is 28.2 Å². The lowest BCUT2D eigenvalue weighted by molar-refractivity contribution is -0.849. The van der Waals surface area contributed by atoms with Crippen LogP contribution in [0.1, 0.15) is 20.7 Å². The standard InChI is InChI=1S/C14H10O4S2.C4H12N/c15-13(16)9-5-1-3-7-11(9)19-20-12-8-4-2-6-10(12)14(17)18;1-5(2,3)4/h1-8H,(H,15,16)(H,17,18);1-4H3/q;+1/p-1. The maximum atomic E-state index is 11.1. The minimum atomic E-state index is -1.25. The summed E-state index contributed by atoms with van der Waals surface area (Å²) in [5, 5.41) is 20.1. The van der Waals surface area contributed by atoms with Crippen LogP contribution in [0.15, 0.2) is 58.3 Å². The van der Waals surface area contributed by atoms with Crippen LogP contribution >= 0.6 is 21.6 Å². The van der Waals surface area contributed by atoms with E-state index < -0.39 is 11.9 Å². The molecule has 2 aromatic rings. The second-order valence-corrected chi connectivity index (χ2v) is 8.65. The molecule has 0 aliphatic carbocycles. The third kappa shape index (κ3) is 8.11. The van der Waals surface area contributed by atoms with Gasteiger partial charge in [-0.1, -0.05) is 51.9 Å². The van der Waals surface area contributed by atoms with Crippen LogP contribution in [-0.4, -0.2) is 49.7 Å². The lowest BCUT2D eigenvalue weighted by atomic mass is 10.2. The summed E-state index contributed by atoms with van der Waals surface area (Å²) >= 11 is 0. The van der Waals surface area contributed by atoms with Gasteiger partial charge < -0.3 is 19.5 Å². The Morgan fingerprint density at radius 3 is 1.60 bits per heavy atom. The predicted octanol–water partition coefficient (Wildman–Crippen LogP) is 2.87. The van der Waals surface area contributed by atoms with Gasteiger partial charge >= 0.3 is 5.97 Å². The Morgan fingerprint density at radius 2 is 1.20 bits per heavy atom. The van der Waals surface area contributed by atoms with Crippen molar-refractivity contribution in [3.8, 4) is 0 Å². The second-order valence-electron chi connectivity index (χ2n) is 6.43. The normalized spacial score (nSPS) is 10.6. The molecule has 25 heavy (non-hydrogen) atoms. The molecule has 0 bridgehead atoms. The molecule has 0 heterocycles. The first-order valence-corrected chi connectivity index (χ1v) is 9.50. The summed E-state index contributed by atoms with van der Waals surface area (Å²) in [5.41, 5.74) is 0.286. The molecule has 0 atom stereocenters. The average molecular weight is 380 g/mol. The minimum Gasteiger partial charge on any atom is -0.545 e. The summed E-state index contributed by atoms with van der Waals surface area (Å²) in [6.07, 6.45) is 0. The summed E-state index contributed by atoms with van der Waals surface area (Å²) in [6.45, 7) is 0.